The molecule has 1 aromatic carbocycles. The van der Waals surface area contributed by atoms with Crippen molar-refractivity contribution >= 4 is 5.69 Å². The zero-order chi connectivity index (χ0) is 19.8. The van der Waals surface area contributed by atoms with E-state index in [4.69, 9.17) is 9.47 Å². The fourth-order valence-corrected chi connectivity index (χ4v) is 4.65. The first-order chi connectivity index (χ1) is 14.2. The number of aromatic amines is 1. The minimum Gasteiger partial charge on any atom is -0.495 e. The zero-order valence-electron chi connectivity index (χ0n) is 16.9. The maximum atomic E-state index is 5.80. The van der Waals surface area contributed by atoms with E-state index in [0.717, 1.165) is 73.0 Å². The van der Waals surface area contributed by atoms with Gasteiger partial charge in [-0.05, 0) is 49.6 Å². The van der Waals surface area contributed by atoms with Crippen molar-refractivity contribution in [3.63, 3.8) is 0 Å². The summed E-state index contributed by atoms with van der Waals surface area (Å²) in [7, 11) is 1.75. The molecule has 2 saturated heterocycles. The van der Waals surface area contributed by atoms with E-state index in [-0.39, 0.29) is 0 Å². The molecule has 150 valence electrons. The van der Waals surface area contributed by atoms with Gasteiger partial charge in [-0.1, -0.05) is 6.07 Å². The van der Waals surface area contributed by atoms with Crippen LogP contribution in [0.5, 0.6) is 5.75 Å². The standard InChI is InChI=1S/C23H26N4O2/c1-16-21(22(26-25-16)17-5-9-24-10-6-17)18-3-4-19(20(13-18)28-2)27-14-23(15-27)7-11-29-12-8-23/h3-6,9-10,13H,7-8,11-12,14-15H2,1-2H3,(H,25,26). The molecule has 2 aliphatic heterocycles. The lowest BCUT2D eigenvalue weighted by molar-refractivity contribution is -0.000311. The Balaban J connectivity index is 1.46. The second kappa shape index (κ2) is 7.19. The van der Waals surface area contributed by atoms with Crippen LogP contribution in [0.3, 0.4) is 0 Å². The van der Waals surface area contributed by atoms with Gasteiger partial charge in [0, 0.05) is 60.9 Å². The van der Waals surface area contributed by atoms with Crippen LogP contribution in [0.25, 0.3) is 22.4 Å². The highest BCUT2D eigenvalue weighted by Gasteiger charge is 2.44. The minimum absolute atomic E-state index is 0.428. The van der Waals surface area contributed by atoms with Gasteiger partial charge in [0.15, 0.2) is 0 Å². The summed E-state index contributed by atoms with van der Waals surface area (Å²) in [6.45, 7) is 6.00. The summed E-state index contributed by atoms with van der Waals surface area (Å²) in [6.07, 6.45) is 5.91. The summed E-state index contributed by atoms with van der Waals surface area (Å²) in [5, 5.41) is 7.68. The summed E-state index contributed by atoms with van der Waals surface area (Å²) in [4.78, 5) is 6.55. The fraction of sp³-hybridized carbons (Fsp3) is 0.391. The Bertz CT molecular complexity index is 1000. The van der Waals surface area contributed by atoms with E-state index in [1.807, 2.05) is 12.1 Å². The predicted molar refractivity (Wildman–Crippen MR) is 113 cm³/mol. The highest BCUT2D eigenvalue weighted by molar-refractivity contribution is 5.84. The fourth-order valence-electron chi connectivity index (χ4n) is 4.65. The average Bonchev–Trinajstić information content (AvgIpc) is 3.14. The number of anilines is 1. The monoisotopic (exact) mass is 390 g/mol. The first kappa shape index (κ1) is 18.2. The molecule has 6 heteroatoms. The van der Waals surface area contributed by atoms with Gasteiger partial charge < -0.3 is 14.4 Å². The van der Waals surface area contributed by atoms with Crippen molar-refractivity contribution < 1.29 is 9.47 Å². The first-order valence-corrected chi connectivity index (χ1v) is 10.2. The summed E-state index contributed by atoms with van der Waals surface area (Å²) in [5.74, 6) is 0.908. The van der Waals surface area contributed by atoms with Gasteiger partial charge in [-0.2, -0.15) is 5.10 Å². The molecule has 0 bridgehead atoms. The molecule has 6 nitrogen and oxygen atoms in total. The van der Waals surface area contributed by atoms with Gasteiger partial charge in [0.25, 0.3) is 0 Å². The molecule has 4 heterocycles. The number of aromatic nitrogens is 3. The van der Waals surface area contributed by atoms with Crippen molar-refractivity contribution in [1.82, 2.24) is 15.2 Å². The molecule has 0 radical (unpaired) electrons. The Kier molecular flexibility index (Phi) is 4.51. The zero-order valence-corrected chi connectivity index (χ0v) is 16.9. The third kappa shape index (κ3) is 3.17. The van der Waals surface area contributed by atoms with Gasteiger partial charge >= 0.3 is 0 Å². The molecule has 3 aromatic rings. The van der Waals surface area contributed by atoms with Crippen LogP contribution < -0.4 is 9.64 Å². The quantitative estimate of drug-likeness (QED) is 0.727. The second-order valence-corrected chi connectivity index (χ2v) is 8.16. The largest absolute Gasteiger partial charge is 0.495 e. The first-order valence-electron chi connectivity index (χ1n) is 10.2. The maximum absolute atomic E-state index is 5.80. The number of nitrogens with one attached hydrogen (secondary N) is 1. The van der Waals surface area contributed by atoms with Crippen molar-refractivity contribution in [2.24, 2.45) is 5.41 Å². The number of aryl methyl sites for hydroxylation is 1. The average molecular weight is 390 g/mol. The highest BCUT2D eigenvalue weighted by Crippen LogP contribution is 2.46. The third-order valence-electron chi connectivity index (χ3n) is 6.32. The van der Waals surface area contributed by atoms with Crippen molar-refractivity contribution in [2.45, 2.75) is 19.8 Å². The van der Waals surface area contributed by atoms with Crippen LogP contribution >= 0.6 is 0 Å². The Labute approximate surface area is 170 Å². The number of rotatable bonds is 4. The number of ether oxygens (including phenoxy) is 2. The van der Waals surface area contributed by atoms with E-state index < -0.39 is 0 Å². The van der Waals surface area contributed by atoms with Gasteiger partial charge in [-0.3, -0.25) is 10.1 Å². The van der Waals surface area contributed by atoms with Crippen molar-refractivity contribution in [3.05, 3.63) is 48.4 Å². The van der Waals surface area contributed by atoms with E-state index >= 15 is 0 Å². The predicted octanol–water partition coefficient (Wildman–Crippen LogP) is 4.07. The van der Waals surface area contributed by atoms with Crippen LogP contribution in [0.2, 0.25) is 0 Å². The van der Waals surface area contributed by atoms with Crippen molar-refractivity contribution in [1.29, 1.82) is 0 Å². The number of benzene rings is 1. The van der Waals surface area contributed by atoms with E-state index in [1.54, 1.807) is 19.5 Å². The van der Waals surface area contributed by atoms with Gasteiger partial charge in [0.2, 0.25) is 0 Å². The Morgan fingerprint density at radius 2 is 1.83 bits per heavy atom. The molecular formula is C23H26N4O2. The second-order valence-electron chi connectivity index (χ2n) is 8.16. The number of methoxy groups -OCH3 is 1. The Hall–Kier alpha value is -2.86. The van der Waals surface area contributed by atoms with Crippen LogP contribution in [0, 0.1) is 12.3 Å². The molecule has 0 aliphatic carbocycles. The van der Waals surface area contributed by atoms with E-state index in [0.29, 0.717) is 5.41 Å². The van der Waals surface area contributed by atoms with Gasteiger partial charge in [0.1, 0.15) is 11.4 Å². The number of hydrogen-bond acceptors (Lipinski definition) is 5. The SMILES string of the molecule is COc1cc(-c2c(-c3ccncc3)n[nH]c2C)ccc1N1CC2(CCOCC2)C1. The Morgan fingerprint density at radius 3 is 2.55 bits per heavy atom. The lowest BCUT2D eigenvalue weighted by Gasteiger charge is -2.53. The summed E-state index contributed by atoms with van der Waals surface area (Å²) in [5.41, 5.74) is 6.82. The topological polar surface area (TPSA) is 63.3 Å². The van der Waals surface area contributed by atoms with Crippen LogP contribution in [-0.2, 0) is 4.74 Å². The molecule has 0 atom stereocenters. The highest BCUT2D eigenvalue weighted by atomic mass is 16.5. The normalized spacial score (nSPS) is 17.9. The molecule has 0 unspecified atom stereocenters. The molecule has 2 fully saturated rings. The molecule has 1 N–H and O–H groups in total. The van der Waals surface area contributed by atoms with Crippen molar-refractivity contribution in [3.8, 4) is 28.1 Å². The summed E-state index contributed by atoms with van der Waals surface area (Å²) >= 11 is 0. The van der Waals surface area contributed by atoms with Crippen LogP contribution in [0.4, 0.5) is 5.69 Å². The van der Waals surface area contributed by atoms with Gasteiger partial charge in [-0.25, -0.2) is 0 Å². The number of pyridine rings is 1. The number of hydrogen-bond donors (Lipinski definition) is 1. The lowest BCUT2D eigenvalue weighted by Crippen LogP contribution is -2.58. The smallest absolute Gasteiger partial charge is 0.142 e. The summed E-state index contributed by atoms with van der Waals surface area (Å²) in [6, 6.07) is 10.5. The Morgan fingerprint density at radius 1 is 1.07 bits per heavy atom. The number of nitrogens with zero attached hydrogens (tertiary/aromatic N) is 3. The van der Waals surface area contributed by atoms with Crippen LogP contribution in [0.15, 0.2) is 42.7 Å². The molecule has 29 heavy (non-hydrogen) atoms. The molecular weight excluding hydrogens is 364 g/mol. The van der Waals surface area contributed by atoms with Gasteiger partial charge in [-0.15, -0.1) is 0 Å². The molecule has 2 aliphatic rings. The van der Waals surface area contributed by atoms with E-state index in [9.17, 15) is 0 Å². The minimum atomic E-state index is 0.428. The van der Waals surface area contributed by atoms with Gasteiger partial charge in [0.05, 0.1) is 12.8 Å². The molecule has 0 saturated carbocycles. The molecule has 5 rings (SSSR count). The van der Waals surface area contributed by atoms with E-state index in [1.165, 1.54) is 5.69 Å². The van der Waals surface area contributed by atoms with E-state index in [2.05, 4.69) is 45.2 Å². The maximum Gasteiger partial charge on any atom is 0.142 e. The molecule has 1 spiro atoms. The summed E-state index contributed by atoms with van der Waals surface area (Å²) < 4.78 is 11.3. The van der Waals surface area contributed by atoms with Crippen molar-refractivity contribution in [2.75, 3.05) is 38.3 Å². The van der Waals surface area contributed by atoms with Crippen LogP contribution in [0.1, 0.15) is 18.5 Å². The molecule has 2 aromatic heterocycles. The number of H-pyrrole nitrogens is 1. The van der Waals surface area contributed by atoms with Crippen LogP contribution in [-0.4, -0.2) is 48.6 Å². The molecule has 0 amide bonds. The third-order valence-corrected chi connectivity index (χ3v) is 6.32. The lowest BCUT2D eigenvalue weighted by atomic mass is 9.73.